The van der Waals surface area contributed by atoms with E-state index in [0.29, 0.717) is 13.0 Å². The lowest BCUT2D eigenvalue weighted by molar-refractivity contribution is -0.138. The number of ether oxygens (including phenoxy) is 1. The topological polar surface area (TPSA) is 49.8 Å². The molecule has 1 aliphatic rings. The summed E-state index contributed by atoms with van der Waals surface area (Å²) in [6.07, 6.45) is 0.896. The van der Waals surface area contributed by atoms with E-state index in [1.54, 1.807) is 0 Å². The summed E-state index contributed by atoms with van der Waals surface area (Å²) in [5.41, 5.74) is 0.0902. The minimum atomic E-state index is -0.727. The molecular weight excluding hydrogens is 194 g/mol. The van der Waals surface area contributed by atoms with Crippen LogP contribution in [0.5, 0.6) is 0 Å². The molecule has 88 valence electrons. The van der Waals surface area contributed by atoms with E-state index in [1.165, 1.54) is 0 Å². The minimum absolute atomic E-state index is 0.0902. The summed E-state index contributed by atoms with van der Waals surface area (Å²) >= 11 is 0. The highest BCUT2D eigenvalue weighted by atomic mass is 16.5. The van der Waals surface area contributed by atoms with Crippen molar-refractivity contribution in [3.63, 3.8) is 0 Å². The fourth-order valence-corrected chi connectivity index (χ4v) is 2.07. The zero-order chi connectivity index (χ0) is 11.5. The molecule has 15 heavy (non-hydrogen) atoms. The molecular formula is C11H21NO3. The van der Waals surface area contributed by atoms with Crippen LogP contribution in [0.1, 0.15) is 33.6 Å². The summed E-state index contributed by atoms with van der Waals surface area (Å²) in [6.45, 7) is 8.78. The largest absolute Gasteiger partial charge is 0.481 e. The fraction of sp³-hybridized carbons (Fsp3) is 0.909. The summed E-state index contributed by atoms with van der Waals surface area (Å²) in [4.78, 5) is 12.9. The van der Waals surface area contributed by atoms with Crippen molar-refractivity contribution in [3.05, 3.63) is 0 Å². The molecule has 1 N–H and O–H groups in total. The summed E-state index contributed by atoms with van der Waals surface area (Å²) in [5, 5.41) is 8.67. The van der Waals surface area contributed by atoms with Crippen molar-refractivity contribution in [2.75, 3.05) is 19.8 Å². The van der Waals surface area contributed by atoms with E-state index in [0.717, 1.165) is 13.2 Å². The average molecular weight is 215 g/mol. The molecule has 0 aromatic rings. The van der Waals surface area contributed by atoms with Gasteiger partial charge >= 0.3 is 5.97 Å². The minimum Gasteiger partial charge on any atom is -0.481 e. The molecule has 1 atom stereocenters. The van der Waals surface area contributed by atoms with Crippen LogP contribution in [0.2, 0.25) is 0 Å². The van der Waals surface area contributed by atoms with Gasteiger partial charge in [0.1, 0.15) is 0 Å². The average Bonchev–Trinajstić information content (AvgIpc) is 2.13. The number of nitrogens with zero attached hydrogens (tertiary/aromatic N) is 1. The van der Waals surface area contributed by atoms with Crippen molar-refractivity contribution in [3.8, 4) is 0 Å². The van der Waals surface area contributed by atoms with Gasteiger partial charge < -0.3 is 9.84 Å². The van der Waals surface area contributed by atoms with Gasteiger partial charge in [0.15, 0.2) is 0 Å². The van der Waals surface area contributed by atoms with E-state index in [-0.39, 0.29) is 18.0 Å². The Morgan fingerprint density at radius 2 is 2.20 bits per heavy atom. The lowest BCUT2D eigenvalue weighted by Crippen LogP contribution is -2.54. The van der Waals surface area contributed by atoms with Gasteiger partial charge in [-0.1, -0.05) is 0 Å². The number of aliphatic carboxylic acids is 1. The van der Waals surface area contributed by atoms with Crippen molar-refractivity contribution < 1.29 is 14.6 Å². The maximum atomic E-state index is 10.5. The van der Waals surface area contributed by atoms with Gasteiger partial charge in [-0.3, -0.25) is 9.69 Å². The first kappa shape index (κ1) is 12.5. The first-order valence-corrected chi connectivity index (χ1v) is 5.47. The van der Waals surface area contributed by atoms with Crippen LogP contribution in [0.15, 0.2) is 0 Å². The number of carboxylic acids is 1. The highest BCUT2D eigenvalue weighted by Gasteiger charge is 2.31. The van der Waals surface area contributed by atoms with Crippen LogP contribution in [0.4, 0.5) is 0 Å². The van der Waals surface area contributed by atoms with Crippen molar-refractivity contribution in [1.82, 2.24) is 4.90 Å². The third kappa shape index (κ3) is 3.80. The zero-order valence-corrected chi connectivity index (χ0v) is 9.82. The van der Waals surface area contributed by atoms with Crippen molar-refractivity contribution in [1.29, 1.82) is 0 Å². The van der Waals surface area contributed by atoms with Crippen molar-refractivity contribution in [2.24, 2.45) is 0 Å². The molecule has 0 aromatic heterocycles. The van der Waals surface area contributed by atoms with Crippen LogP contribution >= 0.6 is 0 Å². The predicted octanol–water partition coefficient (Wildman–Crippen LogP) is 1.35. The molecule has 0 aliphatic carbocycles. The quantitative estimate of drug-likeness (QED) is 0.772. The van der Waals surface area contributed by atoms with Crippen LogP contribution in [0.3, 0.4) is 0 Å². The maximum absolute atomic E-state index is 10.5. The number of hydrogen-bond donors (Lipinski definition) is 1. The summed E-state index contributed by atoms with van der Waals surface area (Å²) in [7, 11) is 0. The number of morpholine rings is 1. The van der Waals surface area contributed by atoms with E-state index in [4.69, 9.17) is 9.84 Å². The highest BCUT2D eigenvalue weighted by Crippen LogP contribution is 2.22. The van der Waals surface area contributed by atoms with Gasteiger partial charge in [-0.25, -0.2) is 0 Å². The monoisotopic (exact) mass is 215 g/mol. The first-order chi connectivity index (χ1) is 6.91. The smallest absolute Gasteiger partial charge is 0.303 e. The van der Waals surface area contributed by atoms with Crippen LogP contribution in [0.25, 0.3) is 0 Å². The van der Waals surface area contributed by atoms with Gasteiger partial charge in [0.2, 0.25) is 0 Å². The molecule has 4 heteroatoms. The van der Waals surface area contributed by atoms with E-state index in [2.05, 4.69) is 25.7 Å². The Morgan fingerprint density at radius 1 is 1.53 bits per heavy atom. The lowest BCUT2D eigenvalue weighted by atomic mass is 9.99. The normalized spacial score (nSPS) is 24.1. The van der Waals surface area contributed by atoms with Crippen LogP contribution in [0, 0.1) is 0 Å². The molecule has 4 nitrogen and oxygen atoms in total. The molecule has 1 aliphatic heterocycles. The Bertz CT molecular complexity index is 222. The van der Waals surface area contributed by atoms with Crippen LogP contribution < -0.4 is 0 Å². The molecule has 0 spiro atoms. The Balaban J connectivity index is 2.54. The van der Waals surface area contributed by atoms with Gasteiger partial charge in [-0.2, -0.15) is 0 Å². The second-order valence-corrected chi connectivity index (χ2v) is 5.03. The summed E-state index contributed by atoms with van der Waals surface area (Å²) in [6, 6.07) is 0.245. The molecule has 0 saturated carbocycles. The number of carbonyl (C=O) groups is 1. The molecule has 1 rings (SSSR count). The maximum Gasteiger partial charge on any atom is 0.303 e. The molecule has 1 heterocycles. The molecule has 1 fully saturated rings. The fourth-order valence-electron chi connectivity index (χ4n) is 2.07. The van der Waals surface area contributed by atoms with E-state index < -0.39 is 5.97 Å². The number of carboxylic acid groups (broad SMARTS) is 1. The molecule has 0 amide bonds. The number of rotatable bonds is 3. The summed E-state index contributed by atoms with van der Waals surface area (Å²) < 4.78 is 5.41. The second-order valence-electron chi connectivity index (χ2n) is 5.03. The second kappa shape index (κ2) is 4.94. The highest BCUT2D eigenvalue weighted by molar-refractivity contribution is 5.66. The SMILES string of the molecule is CC(C)(C)N1CCOCC1CCC(=O)O. The standard InChI is InChI=1S/C11H21NO3/c1-11(2,3)12-6-7-15-8-9(12)4-5-10(13)14/h9H,4-8H2,1-3H3,(H,13,14). The van der Waals surface area contributed by atoms with Gasteiger partial charge in [-0.05, 0) is 27.2 Å². The Labute approximate surface area is 91.2 Å². The lowest BCUT2D eigenvalue weighted by Gasteiger charge is -2.44. The van der Waals surface area contributed by atoms with Crippen LogP contribution in [-0.4, -0.2) is 47.3 Å². The molecule has 0 radical (unpaired) electrons. The van der Waals surface area contributed by atoms with Gasteiger partial charge in [0.25, 0.3) is 0 Å². The van der Waals surface area contributed by atoms with E-state index >= 15 is 0 Å². The predicted molar refractivity (Wildman–Crippen MR) is 57.9 cm³/mol. The Hall–Kier alpha value is -0.610. The van der Waals surface area contributed by atoms with E-state index in [1.807, 2.05) is 0 Å². The number of hydrogen-bond acceptors (Lipinski definition) is 3. The molecule has 0 bridgehead atoms. The molecule has 1 saturated heterocycles. The Morgan fingerprint density at radius 3 is 2.73 bits per heavy atom. The third-order valence-corrected chi connectivity index (χ3v) is 2.78. The van der Waals surface area contributed by atoms with Crippen LogP contribution in [-0.2, 0) is 9.53 Å². The van der Waals surface area contributed by atoms with Gasteiger partial charge in [0.05, 0.1) is 13.2 Å². The van der Waals surface area contributed by atoms with E-state index in [9.17, 15) is 4.79 Å². The molecule has 0 aromatic carbocycles. The van der Waals surface area contributed by atoms with Crippen molar-refractivity contribution >= 4 is 5.97 Å². The Kier molecular flexibility index (Phi) is 4.11. The summed E-state index contributed by atoms with van der Waals surface area (Å²) in [5.74, 6) is -0.727. The van der Waals surface area contributed by atoms with Gasteiger partial charge in [-0.15, -0.1) is 0 Å². The third-order valence-electron chi connectivity index (χ3n) is 2.78. The zero-order valence-electron chi connectivity index (χ0n) is 9.82. The van der Waals surface area contributed by atoms with Gasteiger partial charge in [0, 0.05) is 24.5 Å². The van der Waals surface area contributed by atoms with Crippen molar-refractivity contribution in [2.45, 2.75) is 45.2 Å². The molecule has 1 unspecified atom stereocenters. The first-order valence-electron chi connectivity index (χ1n) is 5.47.